The minimum atomic E-state index is -1.37. The third-order valence-corrected chi connectivity index (χ3v) is 11.7. The molecule has 3 fully saturated rings. The number of aliphatic imine (C=N–C) groups is 1. The molecule has 5 atom stereocenters. The number of hydrogen-bond donors (Lipinski definition) is 2. The minimum Gasteiger partial charge on any atom is -0.394 e. The molecule has 5 aliphatic rings. The Balaban J connectivity index is 1.26. The zero-order valence-corrected chi connectivity index (χ0v) is 28.5. The number of halogens is 4. The maximum Gasteiger partial charge on any atom is 0.263 e. The van der Waals surface area contributed by atoms with E-state index in [0.717, 1.165) is 18.4 Å². The minimum absolute atomic E-state index is 0.0138. The number of carbonyl (C=O) groups is 2. The van der Waals surface area contributed by atoms with Gasteiger partial charge in [0.15, 0.2) is 5.17 Å². The van der Waals surface area contributed by atoms with Crippen LogP contribution in [-0.2, 0) is 15.1 Å². The molecule has 4 aliphatic heterocycles. The molecule has 1 aliphatic carbocycles. The Bertz CT molecular complexity index is 1690. The molecule has 2 amide bonds. The highest BCUT2D eigenvalue weighted by molar-refractivity contribution is 8.18. The molecule has 1 aromatic heterocycles. The predicted octanol–water partition coefficient (Wildman–Crippen LogP) is 5.03. The van der Waals surface area contributed by atoms with Crippen molar-refractivity contribution in [2.24, 2.45) is 10.9 Å². The van der Waals surface area contributed by atoms with Crippen LogP contribution in [0.1, 0.15) is 57.2 Å². The second kappa shape index (κ2) is 12.0. The first kappa shape index (κ1) is 32.8. The molecule has 0 unspecified atom stereocenters. The number of nitrogens with zero attached hydrogens (tertiary/aromatic N) is 5. The summed E-state index contributed by atoms with van der Waals surface area (Å²) in [6.07, 6.45) is 2.03. The van der Waals surface area contributed by atoms with Crippen molar-refractivity contribution in [2.75, 3.05) is 26.2 Å². The number of likely N-dealkylation sites (tertiary alicyclic amines) is 1. The first-order valence-corrected chi connectivity index (χ1v) is 17.4. The average Bonchev–Trinajstić information content (AvgIpc) is 3.36. The van der Waals surface area contributed by atoms with Gasteiger partial charge >= 0.3 is 0 Å². The Labute approximate surface area is 286 Å². The largest absolute Gasteiger partial charge is 0.394 e. The van der Waals surface area contributed by atoms with Gasteiger partial charge in [0.2, 0.25) is 5.91 Å². The molecular weight excluding hydrogens is 669 g/mol. The summed E-state index contributed by atoms with van der Waals surface area (Å²) in [6.45, 7) is 6.28. The molecule has 2 saturated heterocycles. The smallest absolute Gasteiger partial charge is 0.263 e. The standard InChI is InChI=1S/C33H36Cl2F2N6O3S/c1-17(2)26-27(30(46)41-14-20(36)11-24(41)29(45)42-16-33(8-9-33)39-13-21(42)15-44)47-31-40-32(3,19-5-7-25(35)38-12-19)28(43(26)31)18-4-6-22(34)23(37)10-18/h4-7,10,12,17,20-21,24,28,39,44H,8-9,11,13-16H2,1-3H3/t20-,21-,24-,28-,32+/m1/s1. The molecule has 1 aromatic carbocycles. The number of amides is 2. The number of rotatable bonds is 6. The van der Waals surface area contributed by atoms with E-state index < -0.39 is 41.6 Å². The Morgan fingerprint density at radius 1 is 1.19 bits per heavy atom. The van der Waals surface area contributed by atoms with Gasteiger partial charge in [-0.1, -0.05) is 49.2 Å². The molecule has 47 heavy (non-hydrogen) atoms. The summed E-state index contributed by atoms with van der Waals surface area (Å²) < 4.78 is 30.1. The van der Waals surface area contributed by atoms with Crippen molar-refractivity contribution >= 4 is 51.9 Å². The van der Waals surface area contributed by atoms with E-state index >= 15 is 4.39 Å². The molecule has 5 heterocycles. The van der Waals surface area contributed by atoms with Crippen molar-refractivity contribution < 1.29 is 23.5 Å². The SMILES string of the molecule is CC(C)C1=C(C(=O)N2C[C@H](F)C[C@@H]2C(=O)N2CC3(CC3)NC[C@@H]2CO)SC2=N[C@@](C)(c3ccc(Cl)nc3)[C@@H](c3ccc(Cl)c(F)c3)N21. The topological polar surface area (TPSA) is 101 Å². The van der Waals surface area contributed by atoms with Crippen LogP contribution < -0.4 is 5.32 Å². The van der Waals surface area contributed by atoms with Crippen LogP contribution in [0.4, 0.5) is 8.78 Å². The van der Waals surface area contributed by atoms with Crippen molar-refractivity contribution in [1.82, 2.24) is 25.0 Å². The van der Waals surface area contributed by atoms with Gasteiger partial charge in [0.05, 0.1) is 30.3 Å². The van der Waals surface area contributed by atoms with Gasteiger partial charge in [-0.15, -0.1) is 0 Å². The van der Waals surface area contributed by atoms with E-state index in [0.29, 0.717) is 39.6 Å². The number of hydrogen-bond acceptors (Lipinski definition) is 8. The number of nitrogens with one attached hydrogen (secondary N) is 1. The molecular formula is C33H36Cl2F2N6O3S. The highest BCUT2D eigenvalue weighted by atomic mass is 35.5. The lowest BCUT2D eigenvalue weighted by Crippen LogP contribution is -2.63. The summed E-state index contributed by atoms with van der Waals surface area (Å²) >= 11 is 13.4. The van der Waals surface area contributed by atoms with Crippen LogP contribution in [0.2, 0.25) is 10.2 Å². The van der Waals surface area contributed by atoms with Crippen molar-refractivity contribution in [1.29, 1.82) is 0 Å². The number of alkyl halides is 1. The summed E-state index contributed by atoms with van der Waals surface area (Å²) in [5.74, 6) is -1.56. The summed E-state index contributed by atoms with van der Waals surface area (Å²) in [4.78, 5) is 43.3. The highest BCUT2D eigenvalue weighted by Gasteiger charge is 2.56. The van der Waals surface area contributed by atoms with Crippen LogP contribution >= 0.6 is 35.0 Å². The van der Waals surface area contributed by atoms with Gasteiger partial charge in [-0.25, -0.2) is 18.8 Å². The summed E-state index contributed by atoms with van der Waals surface area (Å²) in [5.41, 5.74) is 0.881. The lowest BCUT2D eigenvalue weighted by Gasteiger charge is -2.42. The zero-order valence-electron chi connectivity index (χ0n) is 26.2. The molecule has 14 heteroatoms. The van der Waals surface area contributed by atoms with Crippen molar-refractivity contribution in [3.8, 4) is 0 Å². The van der Waals surface area contributed by atoms with E-state index in [2.05, 4.69) is 10.3 Å². The van der Waals surface area contributed by atoms with Gasteiger partial charge < -0.3 is 25.1 Å². The predicted molar refractivity (Wildman–Crippen MR) is 177 cm³/mol. The first-order valence-electron chi connectivity index (χ1n) is 15.9. The molecule has 2 aromatic rings. The molecule has 2 N–H and O–H groups in total. The third kappa shape index (κ3) is 5.53. The zero-order chi connectivity index (χ0) is 33.4. The van der Waals surface area contributed by atoms with Crippen molar-refractivity contribution in [3.63, 3.8) is 0 Å². The Morgan fingerprint density at radius 3 is 2.60 bits per heavy atom. The van der Waals surface area contributed by atoms with E-state index in [-0.39, 0.29) is 42.0 Å². The Hall–Kier alpha value is -2.77. The number of piperazine rings is 1. The quantitative estimate of drug-likeness (QED) is 0.407. The first-order chi connectivity index (χ1) is 22.4. The Kier molecular flexibility index (Phi) is 8.35. The van der Waals surface area contributed by atoms with Crippen LogP contribution in [0.15, 0.2) is 52.1 Å². The number of aromatic nitrogens is 1. The number of thioether (sulfide) groups is 1. The van der Waals surface area contributed by atoms with Crippen LogP contribution in [0.3, 0.4) is 0 Å². The summed E-state index contributed by atoms with van der Waals surface area (Å²) in [7, 11) is 0. The van der Waals surface area contributed by atoms with Crippen molar-refractivity contribution in [2.45, 2.75) is 75.4 Å². The average molecular weight is 706 g/mol. The van der Waals surface area contributed by atoms with Crippen LogP contribution in [0, 0.1) is 11.7 Å². The molecule has 0 radical (unpaired) electrons. The maximum absolute atomic E-state index is 15.2. The fourth-order valence-corrected chi connectivity index (χ4v) is 9.01. The van der Waals surface area contributed by atoms with Gasteiger partial charge in [0, 0.05) is 42.5 Å². The molecule has 9 nitrogen and oxygen atoms in total. The van der Waals surface area contributed by atoms with Gasteiger partial charge in [0.1, 0.15) is 33.6 Å². The van der Waals surface area contributed by atoms with Crippen molar-refractivity contribution in [3.05, 3.63) is 74.3 Å². The number of fused-ring (bicyclic) bond motifs is 1. The van der Waals surface area contributed by atoms with Gasteiger partial charge in [-0.3, -0.25) is 9.59 Å². The highest BCUT2D eigenvalue weighted by Crippen LogP contribution is 2.56. The maximum atomic E-state index is 15.2. The lowest BCUT2D eigenvalue weighted by atomic mass is 9.81. The fourth-order valence-electron chi connectivity index (χ4n) is 7.42. The van der Waals surface area contributed by atoms with Gasteiger partial charge in [-0.2, -0.15) is 0 Å². The second-order valence-electron chi connectivity index (χ2n) is 13.6. The second-order valence-corrected chi connectivity index (χ2v) is 15.4. The fraction of sp³-hybridized carbons (Fsp3) is 0.515. The summed E-state index contributed by atoms with van der Waals surface area (Å²) in [6, 6.07) is 6.11. The number of aliphatic hydroxyl groups excluding tert-OH is 1. The number of amidine groups is 1. The van der Waals surface area contributed by atoms with Crippen LogP contribution in [0.25, 0.3) is 0 Å². The lowest BCUT2D eigenvalue weighted by molar-refractivity contribution is -0.146. The van der Waals surface area contributed by atoms with E-state index in [9.17, 15) is 19.1 Å². The number of pyridine rings is 1. The molecule has 7 rings (SSSR count). The van der Waals surface area contributed by atoms with Crippen LogP contribution in [0.5, 0.6) is 0 Å². The van der Waals surface area contributed by atoms with E-state index in [1.165, 1.54) is 28.8 Å². The monoisotopic (exact) mass is 704 g/mol. The number of aliphatic hydroxyl groups is 1. The van der Waals surface area contributed by atoms with E-state index in [1.807, 2.05) is 31.7 Å². The van der Waals surface area contributed by atoms with Gasteiger partial charge in [0.25, 0.3) is 5.91 Å². The normalized spacial score (nSPS) is 29.6. The molecule has 0 bridgehead atoms. The van der Waals surface area contributed by atoms with Crippen LogP contribution in [-0.4, -0.2) is 91.8 Å². The molecule has 250 valence electrons. The molecule has 1 spiro atoms. The van der Waals surface area contributed by atoms with Gasteiger partial charge in [-0.05, 0) is 61.2 Å². The van der Waals surface area contributed by atoms with E-state index in [4.69, 9.17) is 28.2 Å². The molecule has 1 saturated carbocycles. The Morgan fingerprint density at radius 2 is 1.96 bits per heavy atom. The third-order valence-electron chi connectivity index (χ3n) is 10.1. The number of carbonyl (C=O) groups excluding carboxylic acids is 2. The number of benzene rings is 1. The summed E-state index contributed by atoms with van der Waals surface area (Å²) in [5, 5.41) is 14.3. The van der Waals surface area contributed by atoms with E-state index in [1.54, 1.807) is 23.2 Å². The number of allylic oxidation sites excluding steroid dienone is 1.